The normalized spacial score (nSPS) is 21.0. The molecule has 5 rings (SSSR count). The molecule has 3 heterocycles. The van der Waals surface area contributed by atoms with Gasteiger partial charge in [-0.15, -0.1) is 10.2 Å². The van der Waals surface area contributed by atoms with Crippen molar-refractivity contribution in [1.29, 1.82) is 0 Å². The number of likely N-dealkylation sites (tertiary alicyclic amines) is 1. The van der Waals surface area contributed by atoms with Crippen molar-refractivity contribution < 1.29 is 9.53 Å². The molecule has 2 aromatic rings. The van der Waals surface area contributed by atoms with E-state index in [1.54, 1.807) is 7.11 Å². The summed E-state index contributed by atoms with van der Waals surface area (Å²) in [4.78, 5) is 15.5. The molecule has 0 atom stereocenters. The Morgan fingerprint density at radius 1 is 1.21 bits per heavy atom. The highest BCUT2D eigenvalue weighted by Crippen LogP contribution is 2.51. The second-order valence-electron chi connectivity index (χ2n) is 8.64. The first-order valence-corrected chi connectivity index (χ1v) is 10.7. The maximum absolute atomic E-state index is 13.4. The number of fused-ring (bicyclic) bond motifs is 1. The molecular formula is C22H29N5O2. The number of hydrogen-bond donors (Lipinski definition) is 1. The third kappa shape index (κ3) is 3.12. The minimum absolute atomic E-state index is 0.286. The van der Waals surface area contributed by atoms with Crippen molar-refractivity contribution in [3.8, 4) is 5.75 Å². The Labute approximate surface area is 171 Å². The lowest BCUT2D eigenvalue weighted by molar-refractivity contribution is -0.135. The summed E-state index contributed by atoms with van der Waals surface area (Å²) in [7, 11) is 1.69. The van der Waals surface area contributed by atoms with Crippen molar-refractivity contribution in [2.24, 2.45) is 0 Å². The van der Waals surface area contributed by atoms with Gasteiger partial charge in [-0.2, -0.15) is 0 Å². The molecule has 3 aliphatic rings. The predicted molar refractivity (Wildman–Crippen MR) is 109 cm³/mol. The van der Waals surface area contributed by atoms with E-state index in [4.69, 9.17) is 4.74 Å². The van der Waals surface area contributed by atoms with Gasteiger partial charge in [-0.3, -0.25) is 4.79 Å². The molecule has 1 N–H and O–H groups in total. The Balaban J connectivity index is 1.29. The fraction of sp³-hybridized carbons (Fsp3) is 0.591. The van der Waals surface area contributed by atoms with Crippen molar-refractivity contribution in [2.75, 3.05) is 26.7 Å². The maximum Gasteiger partial charge on any atom is 0.233 e. The van der Waals surface area contributed by atoms with E-state index in [0.717, 1.165) is 86.9 Å². The number of aromatic nitrogens is 3. The number of ether oxygens (including phenoxy) is 1. The largest absolute Gasteiger partial charge is 0.496 e. The molecule has 1 amide bonds. The van der Waals surface area contributed by atoms with Crippen LogP contribution in [0.2, 0.25) is 0 Å². The Kier molecular flexibility index (Phi) is 4.57. The van der Waals surface area contributed by atoms with Crippen LogP contribution in [0.5, 0.6) is 5.75 Å². The van der Waals surface area contributed by atoms with Crippen LogP contribution in [-0.2, 0) is 23.3 Å². The van der Waals surface area contributed by atoms with Gasteiger partial charge in [0, 0.05) is 32.1 Å². The molecule has 2 aliphatic heterocycles. The molecule has 7 nitrogen and oxygen atoms in total. The van der Waals surface area contributed by atoms with Crippen LogP contribution < -0.4 is 10.1 Å². The van der Waals surface area contributed by atoms with Gasteiger partial charge < -0.3 is 19.5 Å². The Hall–Kier alpha value is -2.41. The summed E-state index contributed by atoms with van der Waals surface area (Å²) in [6.45, 7) is 6.34. The van der Waals surface area contributed by atoms with Crippen LogP contribution in [0.4, 0.5) is 0 Å². The summed E-state index contributed by atoms with van der Waals surface area (Å²) in [5.41, 5.74) is 1.87. The molecular weight excluding hydrogens is 366 g/mol. The van der Waals surface area contributed by atoms with Crippen molar-refractivity contribution >= 4 is 5.91 Å². The highest BCUT2D eigenvalue weighted by Gasteiger charge is 2.53. The van der Waals surface area contributed by atoms with Gasteiger partial charge >= 0.3 is 0 Å². The quantitative estimate of drug-likeness (QED) is 0.859. The van der Waals surface area contributed by atoms with Crippen LogP contribution in [0.25, 0.3) is 0 Å². The van der Waals surface area contributed by atoms with E-state index in [0.29, 0.717) is 5.92 Å². The molecule has 0 spiro atoms. The van der Waals surface area contributed by atoms with Crippen LogP contribution in [0.15, 0.2) is 18.2 Å². The number of piperidine rings is 1. The second kappa shape index (κ2) is 7.13. The highest BCUT2D eigenvalue weighted by atomic mass is 16.5. The molecule has 0 bridgehead atoms. The van der Waals surface area contributed by atoms with E-state index >= 15 is 0 Å². The summed E-state index contributed by atoms with van der Waals surface area (Å²) in [6.07, 6.45) is 3.79. The highest BCUT2D eigenvalue weighted by molar-refractivity contribution is 5.91. The lowest BCUT2D eigenvalue weighted by atomic mass is 9.90. The minimum Gasteiger partial charge on any atom is -0.496 e. The van der Waals surface area contributed by atoms with Crippen molar-refractivity contribution in [3.05, 3.63) is 41.0 Å². The monoisotopic (exact) mass is 395 g/mol. The first-order chi connectivity index (χ1) is 14.1. The van der Waals surface area contributed by atoms with Gasteiger partial charge in [0.2, 0.25) is 5.91 Å². The standard InChI is InChI=1S/C22H29N5O2/c1-15-3-4-17(13-18(15)29-2)22(7-8-22)21(28)26-10-5-16(6-11-26)20-25-24-19-14-23-9-12-27(19)20/h3-4,13,16,23H,5-12,14H2,1-2H3. The minimum atomic E-state index is -0.340. The number of carbonyl (C=O) groups is 1. The van der Waals surface area contributed by atoms with Crippen molar-refractivity contribution in [2.45, 2.75) is 57.0 Å². The van der Waals surface area contributed by atoms with E-state index in [1.807, 2.05) is 6.92 Å². The van der Waals surface area contributed by atoms with Gasteiger partial charge in [0.15, 0.2) is 0 Å². The van der Waals surface area contributed by atoms with Gasteiger partial charge in [0.05, 0.1) is 19.1 Å². The number of nitrogens with zero attached hydrogens (tertiary/aromatic N) is 4. The maximum atomic E-state index is 13.4. The smallest absolute Gasteiger partial charge is 0.233 e. The van der Waals surface area contributed by atoms with E-state index in [2.05, 4.69) is 43.2 Å². The molecule has 1 saturated carbocycles. The number of aryl methyl sites for hydroxylation is 1. The fourth-order valence-corrected chi connectivity index (χ4v) is 4.93. The van der Waals surface area contributed by atoms with Crippen molar-refractivity contribution in [3.63, 3.8) is 0 Å². The summed E-state index contributed by atoms with van der Waals surface area (Å²) in [5, 5.41) is 12.2. The zero-order valence-electron chi connectivity index (χ0n) is 17.3. The zero-order chi connectivity index (χ0) is 20.0. The Morgan fingerprint density at radius 3 is 2.72 bits per heavy atom. The van der Waals surface area contributed by atoms with Crippen LogP contribution in [0.3, 0.4) is 0 Å². The second-order valence-corrected chi connectivity index (χ2v) is 8.64. The van der Waals surface area contributed by atoms with Crippen LogP contribution in [0, 0.1) is 6.92 Å². The zero-order valence-corrected chi connectivity index (χ0v) is 17.3. The molecule has 0 unspecified atom stereocenters. The number of hydrogen-bond acceptors (Lipinski definition) is 5. The predicted octanol–water partition coefficient (Wildman–Crippen LogP) is 2.14. The summed E-state index contributed by atoms with van der Waals surface area (Å²) in [6, 6.07) is 6.23. The average molecular weight is 396 g/mol. The van der Waals surface area contributed by atoms with Crippen LogP contribution >= 0.6 is 0 Å². The number of amides is 1. The number of benzene rings is 1. The SMILES string of the molecule is COc1cc(C2(C(=O)N3CCC(c4nnc5n4CCNC5)CC3)CC2)ccc1C. The molecule has 1 saturated heterocycles. The van der Waals surface area contributed by atoms with Crippen LogP contribution in [0.1, 0.15) is 54.4 Å². The Bertz CT molecular complexity index is 925. The van der Waals surface area contributed by atoms with Gasteiger partial charge in [0.25, 0.3) is 0 Å². The third-order valence-corrected chi connectivity index (χ3v) is 6.92. The summed E-state index contributed by atoms with van der Waals surface area (Å²) in [5.74, 6) is 3.70. The Morgan fingerprint density at radius 2 is 2.00 bits per heavy atom. The summed E-state index contributed by atoms with van der Waals surface area (Å²) < 4.78 is 7.77. The lowest BCUT2D eigenvalue weighted by Gasteiger charge is -2.34. The van der Waals surface area contributed by atoms with E-state index in [1.165, 1.54) is 0 Å². The molecule has 0 radical (unpaired) electrons. The number of methoxy groups -OCH3 is 1. The van der Waals surface area contributed by atoms with Gasteiger partial charge in [-0.25, -0.2) is 0 Å². The van der Waals surface area contributed by atoms with Gasteiger partial charge in [-0.05, 0) is 49.8 Å². The van der Waals surface area contributed by atoms with Gasteiger partial charge in [0.1, 0.15) is 17.4 Å². The van der Waals surface area contributed by atoms with E-state index in [9.17, 15) is 4.79 Å². The average Bonchev–Trinajstić information content (AvgIpc) is 3.46. The third-order valence-electron chi connectivity index (χ3n) is 6.92. The number of carbonyl (C=O) groups excluding carboxylic acids is 1. The summed E-state index contributed by atoms with van der Waals surface area (Å²) >= 11 is 0. The molecule has 2 fully saturated rings. The topological polar surface area (TPSA) is 72.3 Å². The lowest BCUT2D eigenvalue weighted by Crippen LogP contribution is -2.44. The van der Waals surface area contributed by atoms with Crippen LogP contribution in [-0.4, -0.2) is 52.3 Å². The van der Waals surface area contributed by atoms with E-state index < -0.39 is 0 Å². The number of rotatable bonds is 4. The molecule has 154 valence electrons. The molecule has 1 aliphatic carbocycles. The van der Waals surface area contributed by atoms with Crippen molar-refractivity contribution in [1.82, 2.24) is 25.0 Å². The molecule has 1 aromatic carbocycles. The van der Waals surface area contributed by atoms with E-state index in [-0.39, 0.29) is 11.3 Å². The molecule has 29 heavy (non-hydrogen) atoms. The molecule has 7 heteroatoms. The molecule has 1 aromatic heterocycles. The number of nitrogens with one attached hydrogen (secondary N) is 1. The van der Waals surface area contributed by atoms with Gasteiger partial charge in [-0.1, -0.05) is 12.1 Å². The first-order valence-electron chi connectivity index (χ1n) is 10.7. The fourth-order valence-electron chi connectivity index (χ4n) is 4.93. The first kappa shape index (κ1) is 18.6.